The van der Waals surface area contributed by atoms with Crippen molar-refractivity contribution in [2.24, 2.45) is 17.4 Å². The summed E-state index contributed by atoms with van der Waals surface area (Å²) >= 11 is 0. The summed E-state index contributed by atoms with van der Waals surface area (Å²) in [6.45, 7) is 4.43. The minimum atomic E-state index is -0.795. The van der Waals surface area contributed by atoms with Gasteiger partial charge in [0.2, 0.25) is 0 Å². The third kappa shape index (κ3) is 5.37. The number of benzene rings is 1. The number of hydrogen-bond acceptors (Lipinski definition) is 7. The van der Waals surface area contributed by atoms with Gasteiger partial charge in [0.1, 0.15) is 11.6 Å². The van der Waals surface area contributed by atoms with Gasteiger partial charge in [0, 0.05) is 24.0 Å². The summed E-state index contributed by atoms with van der Waals surface area (Å²) in [6.07, 6.45) is 2.34. The van der Waals surface area contributed by atoms with E-state index < -0.39 is 11.7 Å². The summed E-state index contributed by atoms with van der Waals surface area (Å²) in [5.74, 6) is -0.271. The zero-order chi connectivity index (χ0) is 22.5. The Bertz CT molecular complexity index is 1090. The Labute approximate surface area is 180 Å². The van der Waals surface area contributed by atoms with Crippen LogP contribution < -0.4 is 26.8 Å². The number of amides is 1. The number of rotatable bonds is 9. The van der Waals surface area contributed by atoms with E-state index in [2.05, 4.69) is 34.4 Å². The number of hydrogen-bond donors (Lipinski definition) is 4. The highest BCUT2D eigenvalue weighted by Crippen LogP contribution is 2.27. The first kappa shape index (κ1) is 22.2. The minimum Gasteiger partial charge on any atom is -0.497 e. The molecule has 3 aromatic rings. The summed E-state index contributed by atoms with van der Waals surface area (Å²) in [6, 6.07) is 8.25. The molecule has 0 fully saturated rings. The molecular weight excluding hydrogens is 399 g/mol. The Morgan fingerprint density at radius 2 is 2.00 bits per heavy atom. The van der Waals surface area contributed by atoms with E-state index in [0.29, 0.717) is 23.9 Å². The highest BCUT2D eigenvalue weighted by Gasteiger charge is 2.19. The highest BCUT2D eigenvalue weighted by molar-refractivity contribution is 5.99. The first-order chi connectivity index (χ1) is 14.8. The number of ether oxygens (including phenoxy) is 1. The van der Waals surface area contributed by atoms with Gasteiger partial charge in [-0.2, -0.15) is 0 Å². The Hall–Kier alpha value is -3.46. The van der Waals surface area contributed by atoms with Crippen molar-refractivity contribution in [3.05, 3.63) is 47.9 Å². The minimum absolute atomic E-state index is 0.00193. The normalized spacial score (nSPS) is 12.1. The summed E-state index contributed by atoms with van der Waals surface area (Å²) in [4.78, 5) is 20.6. The fourth-order valence-electron chi connectivity index (χ4n) is 3.28. The van der Waals surface area contributed by atoms with Gasteiger partial charge in [-0.15, -0.1) is 0 Å². The van der Waals surface area contributed by atoms with Gasteiger partial charge < -0.3 is 26.8 Å². The summed E-state index contributed by atoms with van der Waals surface area (Å²) in [5.41, 5.74) is 12.5. The van der Waals surface area contributed by atoms with Crippen LogP contribution in [0.25, 0.3) is 10.9 Å². The molecule has 0 spiro atoms. The number of methoxy groups -OCH3 is 1. The van der Waals surface area contributed by atoms with Crippen LogP contribution in [0.3, 0.4) is 0 Å². The topological polar surface area (TPSA) is 128 Å². The number of carbonyl (C=O) groups excluding carboxylic acids is 1. The van der Waals surface area contributed by atoms with Gasteiger partial charge in [-0.25, -0.2) is 9.37 Å². The summed E-state index contributed by atoms with van der Waals surface area (Å²) in [5, 5.41) is 6.91. The molecule has 0 aliphatic carbocycles. The van der Waals surface area contributed by atoms with Crippen molar-refractivity contribution < 1.29 is 13.9 Å². The molecule has 2 aromatic heterocycles. The van der Waals surface area contributed by atoms with Crippen LogP contribution in [0.1, 0.15) is 30.6 Å². The van der Waals surface area contributed by atoms with E-state index in [9.17, 15) is 9.18 Å². The van der Waals surface area contributed by atoms with Gasteiger partial charge in [0.05, 0.1) is 30.1 Å². The number of aromatic nitrogens is 2. The fraction of sp³-hybridized carbons (Fsp3) is 0.318. The number of nitrogens with one attached hydrogen (secondary N) is 2. The number of carbonyl (C=O) groups is 1. The molecule has 3 rings (SSSR count). The largest absolute Gasteiger partial charge is 0.497 e. The monoisotopic (exact) mass is 426 g/mol. The van der Waals surface area contributed by atoms with Crippen molar-refractivity contribution in [3.63, 3.8) is 0 Å². The summed E-state index contributed by atoms with van der Waals surface area (Å²) < 4.78 is 19.8. The lowest BCUT2D eigenvalue weighted by Crippen LogP contribution is -2.31. The highest BCUT2D eigenvalue weighted by atomic mass is 19.1. The van der Waals surface area contributed by atoms with Crippen LogP contribution in [0.2, 0.25) is 0 Å². The van der Waals surface area contributed by atoms with E-state index in [1.54, 1.807) is 13.3 Å². The second kappa shape index (κ2) is 9.57. The van der Waals surface area contributed by atoms with Crippen LogP contribution in [0.4, 0.5) is 21.7 Å². The number of anilines is 3. The van der Waals surface area contributed by atoms with E-state index in [1.165, 1.54) is 0 Å². The number of fused-ring (bicyclic) bond motifs is 1. The molecule has 6 N–H and O–H groups in total. The maximum atomic E-state index is 14.6. The molecule has 1 amide bonds. The molecule has 0 bridgehead atoms. The van der Waals surface area contributed by atoms with Gasteiger partial charge in [-0.05, 0) is 36.6 Å². The van der Waals surface area contributed by atoms with Crippen LogP contribution in [-0.2, 0) is 0 Å². The zero-order valence-corrected chi connectivity index (χ0v) is 17.8. The number of pyridine rings is 2. The van der Waals surface area contributed by atoms with Crippen LogP contribution in [0, 0.1) is 11.7 Å². The van der Waals surface area contributed by atoms with Crippen LogP contribution in [-0.4, -0.2) is 35.6 Å². The molecule has 1 unspecified atom stereocenters. The second-order valence-corrected chi connectivity index (χ2v) is 7.69. The number of halogens is 1. The van der Waals surface area contributed by atoms with Crippen molar-refractivity contribution in [1.29, 1.82) is 0 Å². The Balaban J connectivity index is 1.95. The molecule has 0 saturated heterocycles. The van der Waals surface area contributed by atoms with Gasteiger partial charge in [-0.1, -0.05) is 13.8 Å². The lowest BCUT2D eigenvalue weighted by molar-refractivity contribution is 0.100. The average molecular weight is 426 g/mol. The molecule has 2 heterocycles. The Morgan fingerprint density at radius 3 is 2.65 bits per heavy atom. The molecule has 1 aromatic carbocycles. The van der Waals surface area contributed by atoms with Gasteiger partial charge >= 0.3 is 0 Å². The number of nitrogens with zero attached hydrogens (tertiary/aromatic N) is 2. The van der Waals surface area contributed by atoms with Crippen LogP contribution in [0.5, 0.6) is 5.75 Å². The molecule has 8 nitrogen and oxygen atoms in total. The van der Waals surface area contributed by atoms with E-state index in [0.717, 1.165) is 23.4 Å². The first-order valence-electron chi connectivity index (χ1n) is 9.98. The molecule has 1 atom stereocenters. The van der Waals surface area contributed by atoms with E-state index in [4.69, 9.17) is 16.2 Å². The number of nitrogens with two attached hydrogens (primary N) is 2. The number of primary amides is 1. The predicted octanol–water partition coefficient (Wildman–Crippen LogP) is 3.41. The first-order valence-corrected chi connectivity index (χ1v) is 9.98. The fourth-order valence-corrected chi connectivity index (χ4v) is 3.28. The van der Waals surface area contributed by atoms with Crippen molar-refractivity contribution in [2.75, 3.05) is 24.3 Å². The lowest BCUT2D eigenvalue weighted by atomic mass is 10.0. The Kier molecular flexibility index (Phi) is 6.86. The molecule has 9 heteroatoms. The second-order valence-electron chi connectivity index (χ2n) is 7.69. The van der Waals surface area contributed by atoms with E-state index in [1.807, 2.05) is 24.3 Å². The average Bonchev–Trinajstić information content (AvgIpc) is 2.74. The lowest BCUT2D eigenvalue weighted by Gasteiger charge is -2.21. The van der Waals surface area contributed by atoms with E-state index in [-0.39, 0.29) is 23.2 Å². The zero-order valence-electron chi connectivity index (χ0n) is 17.8. The van der Waals surface area contributed by atoms with E-state index >= 15 is 0 Å². The SMILES string of the molecule is COc1ccc2cc(Nc3nc(NC(CN)CC(C)C)c(F)cc3C(N)=O)cnc2c1. The quantitative estimate of drug-likeness (QED) is 0.413. The maximum Gasteiger partial charge on any atom is 0.252 e. The molecule has 164 valence electrons. The molecular formula is C22H27FN6O2. The summed E-state index contributed by atoms with van der Waals surface area (Å²) in [7, 11) is 1.59. The van der Waals surface area contributed by atoms with Crippen LogP contribution in [0.15, 0.2) is 36.5 Å². The van der Waals surface area contributed by atoms with Crippen molar-refractivity contribution in [1.82, 2.24) is 9.97 Å². The molecule has 0 aliphatic rings. The van der Waals surface area contributed by atoms with Crippen LogP contribution >= 0.6 is 0 Å². The smallest absolute Gasteiger partial charge is 0.252 e. The Morgan fingerprint density at radius 1 is 1.23 bits per heavy atom. The standard InChI is InChI=1S/C22H27FN6O2/c1-12(2)6-14(10-24)27-22-18(23)9-17(20(25)30)21(29-22)28-15-7-13-4-5-16(31-3)8-19(13)26-11-15/h4-5,7-9,11-12,14H,6,10,24H2,1-3H3,(H2,25,30)(H2,27,28,29). The third-order valence-electron chi connectivity index (χ3n) is 4.78. The van der Waals surface area contributed by atoms with Crippen molar-refractivity contribution in [2.45, 2.75) is 26.3 Å². The molecule has 0 saturated carbocycles. The van der Waals surface area contributed by atoms with Gasteiger partial charge in [-0.3, -0.25) is 9.78 Å². The predicted molar refractivity (Wildman–Crippen MR) is 120 cm³/mol. The van der Waals surface area contributed by atoms with Gasteiger partial charge in [0.25, 0.3) is 5.91 Å². The maximum absolute atomic E-state index is 14.6. The third-order valence-corrected chi connectivity index (χ3v) is 4.78. The van der Waals surface area contributed by atoms with Crippen molar-refractivity contribution >= 4 is 34.1 Å². The van der Waals surface area contributed by atoms with Crippen molar-refractivity contribution in [3.8, 4) is 5.75 Å². The molecule has 0 aliphatic heterocycles. The molecule has 0 radical (unpaired) electrons. The molecule has 31 heavy (non-hydrogen) atoms. The van der Waals surface area contributed by atoms with Gasteiger partial charge in [0.15, 0.2) is 11.6 Å².